The summed E-state index contributed by atoms with van der Waals surface area (Å²) in [4.78, 5) is 8.40. The highest BCUT2D eigenvalue weighted by atomic mass is 127. The molecule has 0 radical (unpaired) electrons. The van der Waals surface area contributed by atoms with Crippen LogP contribution in [0.3, 0.4) is 0 Å². The largest absolute Gasteiger partial charge is 0.356 e. The molecule has 1 aliphatic heterocycles. The molecule has 5 heteroatoms. The van der Waals surface area contributed by atoms with E-state index in [1.807, 2.05) is 12.1 Å². The molecule has 0 atom stereocenters. The summed E-state index contributed by atoms with van der Waals surface area (Å²) in [6.45, 7) is 2.74. The molecule has 1 aromatic rings. The van der Waals surface area contributed by atoms with Gasteiger partial charge in [-0.25, -0.2) is 0 Å². The maximum atomic E-state index is 4.42. The van der Waals surface area contributed by atoms with Crippen LogP contribution in [0.25, 0.3) is 0 Å². The first-order valence-corrected chi connectivity index (χ1v) is 5.36. The standard InChI is InChI=1S/C11H16N4.HI/c1-2-6-14-11(13-5-1)15-9-10-3-7-12-8-4-10;/h3-4,7-8H,1-2,5-6,9H2,(H2,13,14,15);1H. The number of halogens is 1. The first-order chi connectivity index (χ1) is 7.45. The molecule has 2 rings (SSSR count). The summed E-state index contributed by atoms with van der Waals surface area (Å²) in [5.74, 6) is 0.921. The zero-order chi connectivity index (χ0) is 10.3. The van der Waals surface area contributed by atoms with E-state index in [9.17, 15) is 0 Å². The lowest BCUT2D eigenvalue weighted by atomic mass is 10.3. The van der Waals surface area contributed by atoms with E-state index in [2.05, 4.69) is 20.6 Å². The first-order valence-electron chi connectivity index (χ1n) is 5.36. The average molecular weight is 332 g/mol. The highest BCUT2D eigenvalue weighted by molar-refractivity contribution is 14.0. The molecule has 0 aromatic carbocycles. The summed E-state index contributed by atoms with van der Waals surface area (Å²) in [7, 11) is 0. The van der Waals surface area contributed by atoms with E-state index in [1.165, 1.54) is 18.4 Å². The van der Waals surface area contributed by atoms with Gasteiger partial charge < -0.3 is 10.6 Å². The highest BCUT2D eigenvalue weighted by Crippen LogP contribution is 1.96. The Kier molecular flexibility index (Phi) is 6.14. The van der Waals surface area contributed by atoms with E-state index in [0.717, 1.165) is 25.6 Å². The van der Waals surface area contributed by atoms with Crippen LogP contribution in [0.2, 0.25) is 0 Å². The van der Waals surface area contributed by atoms with Gasteiger partial charge in [-0.05, 0) is 30.5 Å². The van der Waals surface area contributed by atoms with Gasteiger partial charge in [0.15, 0.2) is 5.96 Å². The summed E-state index contributed by atoms with van der Waals surface area (Å²) >= 11 is 0. The SMILES string of the molecule is I.c1cc(CNC2=NCCCCN2)ccn1. The minimum absolute atomic E-state index is 0. The zero-order valence-electron chi connectivity index (χ0n) is 9.15. The van der Waals surface area contributed by atoms with Gasteiger partial charge in [0.25, 0.3) is 0 Å². The van der Waals surface area contributed by atoms with Crippen LogP contribution in [0.15, 0.2) is 29.5 Å². The Labute approximate surface area is 113 Å². The zero-order valence-corrected chi connectivity index (χ0v) is 11.5. The second-order valence-electron chi connectivity index (χ2n) is 3.57. The molecule has 16 heavy (non-hydrogen) atoms. The number of nitrogens with zero attached hydrogens (tertiary/aromatic N) is 2. The summed E-state index contributed by atoms with van der Waals surface area (Å²) in [6, 6.07) is 4.01. The van der Waals surface area contributed by atoms with Crippen molar-refractivity contribution in [1.29, 1.82) is 0 Å². The minimum Gasteiger partial charge on any atom is -0.356 e. The van der Waals surface area contributed by atoms with Gasteiger partial charge in [-0.2, -0.15) is 0 Å². The molecule has 0 saturated carbocycles. The number of guanidine groups is 1. The molecule has 0 amide bonds. The molecule has 0 saturated heterocycles. The van der Waals surface area contributed by atoms with Crippen molar-refractivity contribution in [2.75, 3.05) is 13.1 Å². The van der Waals surface area contributed by atoms with Crippen LogP contribution < -0.4 is 10.6 Å². The molecule has 4 nitrogen and oxygen atoms in total. The Hall–Kier alpha value is -0.850. The van der Waals surface area contributed by atoms with Crippen LogP contribution in [-0.2, 0) is 6.54 Å². The number of rotatable bonds is 2. The maximum Gasteiger partial charge on any atom is 0.191 e. The lowest BCUT2D eigenvalue weighted by molar-refractivity contribution is 0.742. The van der Waals surface area contributed by atoms with Gasteiger partial charge in [-0.15, -0.1) is 24.0 Å². The third kappa shape index (κ3) is 4.34. The summed E-state index contributed by atoms with van der Waals surface area (Å²) in [5.41, 5.74) is 1.22. The summed E-state index contributed by atoms with van der Waals surface area (Å²) in [5, 5.41) is 6.56. The fourth-order valence-electron chi connectivity index (χ4n) is 1.50. The molecule has 0 aliphatic carbocycles. The molecular weight excluding hydrogens is 315 g/mol. The molecule has 88 valence electrons. The van der Waals surface area contributed by atoms with Gasteiger partial charge in [0.1, 0.15) is 0 Å². The van der Waals surface area contributed by atoms with Crippen molar-refractivity contribution in [1.82, 2.24) is 15.6 Å². The van der Waals surface area contributed by atoms with Crippen LogP contribution in [-0.4, -0.2) is 24.0 Å². The van der Waals surface area contributed by atoms with Gasteiger partial charge in [0.05, 0.1) is 0 Å². The third-order valence-corrected chi connectivity index (χ3v) is 2.36. The number of hydrogen-bond acceptors (Lipinski definition) is 4. The smallest absolute Gasteiger partial charge is 0.191 e. The summed E-state index contributed by atoms with van der Waals surface area (Å²) < 4.78 is 0. The van der Waals surface area contributed by atoms with Gasteiger partial charge in [0.2, 0.25) is 0 Å². The van der Waals surface area contributed by atoms with E-state index in [0.29, 0.717) is 0 Å². The van der Waals surface area contributed by atoms with Crippen LogP contribution in [0.5, 0.6) is 0 Å². The fraction of sp³-hybridized carbons (Fsp3) is 0.455. The monoisotopic (exact) mass is 332 g/mol. The van der Waals surface area contributed by atoms with Crippen LogP contribution >= 0.6 is 24.0 Å². The first kappa shape index (κ1) is 13.2. The lowest BCUT2D eigenvalue weighted by Gasteiger charge is -2.09. The number of aromatic nitrogens is 1. The molecule has 0 unspecified atom stereocenters. The molecule has 0 spiro atoms. The lowest BCUT2D eigenvalue weighted by Crippen LogP contribution is -2.36. The number of hydrogen-bond donors (Lipinski definition) is 2. The molecule has 1 aliphatic rings. The van der Waals surface area contributed by atoms with Crippen LogP contribution in [0, 0.1) is 0 Å². The predicted molar refractivity (Wildman–Crippen MR) is 76.0 cm³/mol. The number of nitrogens with one attached hydrogen (secondary N) is 2. The summed E-state index contributed by atoms with van der Waals surface area (Å²) in [6.07, 6.45) is 5.98. The number of pyridine rings is 1. The highest BCUT2D eigenvalue weighted by Gasteiger charge is 2.01. The van der Waals surface area contributed by atoms with Crippen molar-refractivity contribution in [3.8, 4) is 0 Å². The quantitative estimate of drug-likeness (QED) is 0.808. The second-order valence-corrected chi connectivity index (χ2v) is 3.57. The Morgan fingerprint density at radius 3 is 2.88 bits per heavy atom. The molecule has 2 N–H and O–H groups in total. The van der Waals surface area contributed by atoms with Crippen molar-refractivity contribution in [2.24, 2.45) is 4.99 Å². The van der Waals surface area contributed by atoms with Gasteiger partial charge >= 0.3 is 0 Å². The van der Waals surface area contributed by atoms with Crippen molar-refractivity contribution in [3.05, 3.63) is 30.1 Å². The van der Waals surface area contributed by atoms with Crippen molar-refractivity contribution in [3.63, 3.8) is 0 Å². The average Bonchev–Trinajstić information content (AvgIpc) is 2.56. The normalized spacial score (nSPS) is 15.1. The Bertz CT molecular complexity index is 326. The fourth-order valence-corrected chi connectivity index (χ4v) is 1.50. The van der Waals surface area contributed by atoms with E-state index >= 15 is 0 Å². The van der Waals surface area contributed by atoms with E-state index in [4.69, 9.17) is 0 Å². The molecule has 1 aromatic heterocycles. The number of aliphatic imine (C=N–C) groups is 1. The van der Waals surface area contributed by atoms with Gasteiger partial charge in [-0.3, -0.25) is 9.98 Å². The van der Waals surface area contributed by atoms with E-state index in [-0.39, 0.29) is 24.0 Å². The minimum atomic E-state index is 0. The molecule has 0 fully saturated rings. The third-order valence-electron chi connectivity index (χ3n) is 2.36. The maximum absolute atomic E-state index is 4.42. The van der Waals surface area contributed by atoms with Crippen molar-refractivity contribution < 1.29 is 0 Å². The Morgan fingerprint density at radius 2 is 2.06 bits per heavy atom. The van der Waals surface area contributed by atoms with E-state index in [1.54, 1.807) is 12.4 Å². The topological polar surface area (TPSA) is 49.3 Å². The van der Waals surface area contributed by atoms with Gasteiger partial charge in [0, 0.05) is 32.0 Å². The van der Waals surface area contributed by atoms with Crippen molar-refractivity contribution in [2.45, 2.75) is 19.4 Å². The van der Waals surface area contributed by atoms with Crippen LogP contribution in [0.1, 0.15) is 18.4 Å². The van der Waals surface area contributed by atoms with Gasteiger partial charge in [-0.1, -0.05) is 0 Å². The Morgan fingerprint density at radius 1 is 1.25 bits per heavy atom. The Balaban J connectivity index is 0.00000128. The predicted octanol–water partition coefficient (Wildman–Crippen LogP) is 1.53. The molecule has 0 bridgehead atoms. The molecular formula is C11H17IN4. The molecule has 2 heterocycles. The van der Waals surface area contributed by atoms with E-state index < -0.39 is 0 Å². The van der Waals surface area contributed by atoms with Crippen molar-refractivity contribution >= 4 is 29.9 Å². The van der Waals surface area contributed by atoms with Crippen LogP contribution in [0.4, 0.5) is 0 Å². The second kappa shape index (κ2) is 7.43.